The molecule has 1 aliphatic rings. The second-order valence-electron chi connectivity index (χ2n) is 8.08. The third kappa shape index (κ3) is 8.10. The maximum atomic E-state index is 12.3. The van der Waals surface area contributed by atoms with Crippen molar-refractivity contribution in [2.45, 2.75) is 52.7 Å². The van der Waals surface area contributed by atoms with Gasteiger partial charge in [-0.3, -0.25) is 4.99 Å². The number of ether oxygens (including phenoxy) is 1. The second-order valence-corrected chi connectivity index (χ2v) is 9.14. The molecule has 0 aromatic carbocycles. The van der Waals surface area contributed by atoms with E-state index < -0.39 is 5.60 Å². The van der Waals surface area contributed by atoms with Crippen molar-refractivity contribution in [1.82, 2.24) is 20.1 Å². The topological polar surface area (TPSA) is 70.1 Å². The minimum atomic E-state index is -0.457. The van der Waals surface area contributed by atoms with Gasteiger partial charge in [0.25, 0.3) is 0 Å². The molecule has 9 heteroatoms. The monoisotopic (exact) mass is 523 g/mol. The van der Waals surface area contributed by atoms with E-state index in [9.17, 15) is 4.79 Å². The normalized spacial score (nSPS) is 17.7. The number of piperidine rings is 1. The first-order valence-corrected chi connectivity index (χ1v) is 10.4. The second kappa shape index (κ2) is 11.2. The van der Waals surface area contributed by atoms with Crippen LogP contribution in [0.15, 0.2) is 10.4 Å². The number of aromatic nitrogens is 1. The maximum absolute atomic E-state index is 12.3. The van der Waals surface area contributed by atoms with Gasteiger partial charge in [0.1, 0.15) is 5.60 Å². The number of guanidine groups is 1. The highest BCUT2D eigenvalue weighted by Gasteiger charge is 2.27. The first-order chi connectivity index (χ1) is 12.7. The first-order valence-electron chi connectivity index (χ1n) is 9.48. The molecule has 1 N–H and O–H groups in total. The smallest absolute Gasteiger partial charge is 0.410 e. The fraction of sp³-hybridized carbons (Fsp3) is 0.737. The molecule has 1 fully saturated rings. The Labute approximate surface area is 190 Å². The SMILES string of the molecule is CN=C(NCC1CCCN(C(=O)OC(C)(C)C)C1)N(C)Cc1csc(C)n1.I. The van der Waals surface area contributed by atoms with E-state index in [0.29, 0.717) is 12.5 Å². The largest absolute Gasteiger partial charge is 0.444 e. The number of amides is 1. The van der Waals surface area contributed by atoms with Crippen LogP contribution in [-0.2, 0) is 11.3 Å². The maximum Gasteiger partial charge on any atom is 0.410 e. The molecule has 0 bridgehead atoms. The Kier molecular flexibility index (Phi) is 9.96. The fourth-order valence-corrected chi connectivity index (χ4v) is 3.75. The number of hydrogen-bond acceptors (Lipinski definition) is 5. The molecular weight excluding hydrogens is 489 g/mol. The lowest BCUT2D eigenvalue weighted by Crippen LogP contribution is -2.47. The molecule has 1 aliphatic heterocycles. The molecule has 1 amide bonds. The average molecular weight is 523 g/mol. The van der Waals surface area contributed by atoms with Crippen LogP contribution in [0.5, 0.6) is 0 Å². The Morgan fingerprint density at radius 2 is 2.21 bits per heavy atom. The van der Waals surface area contributed by atoms with Gasteiger partial charge in [0.2, 0.25) is 0 Å². The molecule has 1 saturated heterocycles. The lowest BCUT2D eigenvalue weighted by atomic mass is 9.98. The van der Waals surface area contributed by atoms with Crippen molar-refractivity contribution in [2.24, 2.45) is 10.9 Å². The molecule has 1 unspecified atom stereocenters. The third-order valence-electron chi connectivity index (χ3n) is 4.36. The fourth-order valence-electron chi connectivity index (χ4n) is 3.14. The predicted molar refractivity (Wildman–Crippen MR) is 126 cm³/mol. The zero-order valence-corrected chi connectivity index (χ0v) is 21.0. The van der Waals surface area contributed by atoms with Gasteiger partial charge in [-0.05, 0) is 46.5 Å². The van der Waals surface area contributed by atoms with Crippen LogP contribution < -0.4 is 5.32 Å². The van der Waals surface area contributed by atoms with Gasteiger partial charge < -0.3 is 19.9 Å². The van der Waals surface area contributed by atoms with Crippen LogP contribution >= 0.6 is 35.3 Å². The van der Waals surface area contributed by atoms with Crippen molar-refractivity contribution in [1.29, 1.82) is 0 Å². The van der Waals surface area contributed by atoms with E-state index in [1.54, 1.807) is 18.4 Å². The van der Waals surface area contributed by atoms with E-state index in [-0.39, 0.29) is 30.1 Å². The summed E-state index contributed by atoms with van der Waals surface area (Å²) in [7, 11) is 3.80. The summed E-state index contributed by atoms with van der Waals surface area (Å²) in [4.78, 5) is 25.1. The number of halogens is 1. The molecule has 1 aromatic rings. The molecule has 0 radical (unpaired) electrons. The zero-order chi connectivity index (χ0) is 20.0. The summed E-state index contributed by atoms with van der Waals surface area (Å²) in [5, 5.41) is 6.60. The number of aryl methyl sites for hydroxylation is 1. The van der Waals surface area contributed by atoms with Gasteiger partial charge >= 0.3 is 6.09 Å². The number of nitrogens with zero attached hydrogens (tertiary/aromatic N) is 4. The highest BCUT2D eigenvalue weighted by atomic mass is 127. The van der Waals surface area contributed by atoms with Crippen molar-refractivity contribution in [2.75, 3.05) is 33.7 Å². The van der Waals surface area contributed by atoms with Gasteiger partial charge in [-0.2, -0.15) is 0 Å². The van der Waals surface area contributed by atoms with E-state index in [1.165, 1.54) is 0 Å². The Bertz CT molecular complexity index is 659. The molecule has 7 nitrogen and oxygen atoms in total. The van der Waals surface area contributed by atoms with Crippen LogP contribution in [0.3, 0.4) is 0 Å². The summed E-state index contributed by atoms with van der Waals surface area (Å²) in [6.07, 6.45) is 1.88. The number of carbonyl (C=O) groups excluding carboxylic acids is 1. The Balaban J connectivity index is 0.00000392. The predicted octanol–water partition coefficient (Wildman–Crippen LogP) is 3.72. The van der Waals surface area contributed by atoms with Crippen molar-refractivity contribution >= 4 is 47.4 Å². The molecule has 0 spiro atoms. The van der Waals surface area contributed by atoms with Crippen molar-refractivity contribution in [3.05, 3.63) is 16.1 Å². The van der Waals surface area contributed by atoms with Crippen LogP contribution in [0.2, 0.25) is 0 Å². The summed E-state index contributed by atoms with van der Waals surface area (Å²) in [6.45, 7) is 10.7. The highest BCUT2D eigenvalue weighted by molar-refractivity contribution is 14.0. The van der Waals surface area contributed by atoms with E-state index >= 15 is 0 Å². The number of hydrogen-bond donors (Lipinski definition) is 1. The van der Waals surface area contributed by atoms with Gasteiger partial charge in [0.15, 0.2) is 5.96 Å². The van der Waals surface area contributed by atoms with Crippen molar-refractivity contribution in [3.8, 4) is 0 Å². The number of thiazole rings is 1. The number of aliphatic imine (C=N–C) groups is 1. The molecule has 0 aliphatic carbocycles. The molecule has 1 aromatic heterocycles. The quantitative estimate of drug-likeness (QED) is 0.370. The van der Waals surface area contributed by atoms with E-state index in [4.69, 9.17) is 4.74 Å². The van der Waals surface area contributed by atoms with Crippen LogP contribution in [0.1, 0.15) is 44.3 Å². The highest BCUT2D eigenvalue weighted by Crippen LogP contribution is 2.19. The lowest BCUT2D eigenvalue weighted by molar-refractivity contribution is 0.0168. The summed E-state index contributed by atoms with van der Waals surface area (Å²) in [6, 6.07) is 0. The van der Waals surface area contributed by atoms with Gasteiger partial charge in [0, 0.05) is 39.1 Å². The van der Waals surface area contributed by atoms with Gasteiger partial charge in [-0.15, -0.1) is 35.3 Å². The molecule has 2 heterocycles. The molecule has 28 heavy (non-hydrogen) atoms. The molecule has 0 saturated carbocycles. The van der Waals surface area contributed by atoms with Gasteiger partial charge in [0.05, 0.1) is 17.2 Å². The summed E-state index contributed by atoms with van der Waals surface area (Å²) in [5.74, 6) is 1.23. The number of carbonyl (C=O) groups is 1. The number of likely N-dealkylation sites (tertiary alicyclic amines) is 1. The summed E-state index contributed by atoms with van der Waals surface area (Å²) >= 11 is 1.66. The Hall–Kier alpha value is -1.10. The Morgan fingerprint density at radius 1 is 1.50 bits per heavy atom. The minimum absolute atomic E-state index is 0. The van der Waals surface area contributed by atoms with Crippen molar-refractivity contribution in [3.63, 3.8) is 0 Å². The van der Waals surface area contributed by atoms with Gasteiger partial charge in [-0.25, -0.2) is 9.78 Å². The lowest BCUT2D eigenvalue weighted by Gasteiger charge is -2.34. The van der Waals surface area contributed by atoms with Crippen LogP contribution in [0, 0.1) is 12.8 Å². The van der Waals surface area contributed by atoms with E-state index in [0.717, 1.165) is 49.1 Å². The summed E-state index contributed by atoms with van der Waals surface area (Å²) in [5.41, 5.74) is 0.595. The van der Waals surface area contributed by atoms with Crippen molar-refractivity contribution < 1.29 is 9.53 Å². The molecular formula is C19H34IN5O2S. The van der Waals surface area contributed by atoms with E-state index in [2.05, 4.69) is 25.6 Å². The van der Waals surface area contributed by atoms with Crippen LogP contribution in [0.25, 0.3) is 0 Å². The molecule has 160 valence electrons. The van der Waals surface area contributed by atoms with E-state index in [1.807, 2.05) is 39.6 Å². The molecule has 1 atom stereocenters. The van der Waals surface area contributed by atoms with Crippen LogP contribution in [-0.4, -0.2) is 66.2 Å². The Morgan fingerprint density at radius 3 is 2.79 bits per heavy atom. The minimum Gasteiger partial charge on any atom is -0.444 e. The average Bonchev–Trinajstić information content (AvgIpc) is 2.99. The zero-order valence-electron chi connectivity index (χ0n) is 17.8. The standard InChI is InChI=1S/C19H33N5O2S.HI/c1-14-22-16(13-27-14)12-23(6)17(20-5)21-10-15-8-7-9-24(11-15)18(25)26-19(2,3)4;/h13,15H,7-12H2,1-6H3,(H,20,21);1H. The summed E-state index contributed by atoms with van der Waals surface area (Å²) < 4.78 is 5.51. The third-order valence-corrected chi connectivity index (χ3v) is 5.18. The molecule has 2 rings (SSSR count). The number of rotatable bonds is 4. The first kappa shape index (κ1) is 24.9. The van der Waals surface area contributed by atoms with Gasteiger partial charge in [-0.1, -0.05) is 0 Å². The van der Waals surface area contributed by atoms with Crippen LogP contribution in [0.4, 0.5) is 4.79 Å². The number of nitrogens with one attached hydrogen (secondary N) is 1.